The summed E-state index contributed by atoms with van der Waals surface area (Å²) in [5.74, 6) is 1.31. The van der Waals surface area contributed by atoms with Crippen LogP contribution in [-0.4, -0.2) is 25.3 Å². The Hall–Kier alpha value is -3.54. The molecular weight excluding hydrogens is 346 g/mol. The molecule has 3 aromatic rings. The first-order valence-corrected chi connectivity index (χ1v) is 8.27. The molecule has 0 saturated heterocycles. The van der Waals surface area contributed by atoms with Crippen molar-refractivity contribution in [2.45, 2.75) is 6.61 Å². The number of benzene rings is 2. The van der Waals surface area contributed by atoms with E-state index in [0.717, 1.165) is 11.1 Å². The number of ether oxygens (including phenoxy) is 3. The van der Waals surface area contributed by atoms with E-state index >= 15 is 0 Å². The molecule has 0 radical (unpaired) electrons. The number of aromatic nitrogens is 1. The van der Waals surface area contributed by atoms with E-state index in [1.54, 1.807) is 38.5 Å². The van der Waals surface area contributed by atoms with E-state index in [2.05, 4.69) is 5.16 Å². The number of rotatable bonds is 7. The Morgan fingerprint density at radius 3 is 2.56 bits per heavy atom. The minimum absolute atomic E-state index is 0.0226. The van der Waals surface area contributed by atoms with Gasteiger partial charge in [-0.15, -0.1) is 0 Å². The number of hydrogen-bond donors (Lipinski definition) is 0. The van der Waals surface area contributed by atoms with Crippen LogP contribution in [0.3, 0.4) is 0 Å². The third-order valence-corrected chi connectivity index (χ3v) is 3.80. The Kier molecular flexibility index (Phi) is 5.89. The van der Waals surface area contributed by atoms with E-state index in [1.807, 2.05) is 36.4 Å². The maximum Gasteiger partial charge on any atom is 0.331 e. The van der Waals surface area contributed by atoms with Crippen molar-refractivity contribution >= 4 is 12.0 Å². The molecule has 0 spiro atoms. The Balaban J connectivity index is 1.61. The van der Waals surface area contributed by atoms with Gasteiger partial charge in [0.15, 0.2) is 17.3 Å². The largest absolute Gasteiger partial charge is 0.493 e. The number of esters is 1. The SMILES string of the molecule is COc1ccc(-c2cc(COC(=O)/C=C\c3ccccc3)no2)cc1OC. The second-order valence-electron chi connectivity index (χ2n) is 5.60. The molecule has 0 unspecified atom stereocenters. The lowest BCUT2D eigenvalue weighted by Crippen LogP contribution is -2.00. The van der Waals surface area contributed by atoms with Crippen LogP contribution in [0.5, 0.6) is 11.5 Å². The Bertz CT molecular complexity index is 931. The molecule has 0 aliphatic rings. The third-order valence-electron chi connectivity index (χ3n) is 3.80. The summed E-state index contributed by atoms with van der Waals surface area (Å²) in [7, 11) is 3.14. The van der Waals surface area contributed by atoms with Crippen molar-refractivity contribution < 1.29 is 23.5 Å². The van der Waals surface area contributed by atoms with Crippen molar-refractivity contribution in [3.63, 3.8) is 0 Å². The van der Waals surface area contributed by atoms with Gasteiger partial charge in [-0.1, -0.05) is 35.5 Å². The topological polar surface area (TPSA) is 70.8 Å². The normalized spacial score (nSPS) is 10.7. The lowest BCUT2D eigenvalue weighted by molar-refractivity contribution is -0.139. The lowest BCUT2D eigenvalue weighted by Gasteiger charge is -2.07. The first-order chi connectivity index (χ1) is 13.2. The van der Waals surface area contributed by atoms with Crippen molar-refractivity contribution in [2.24, 2.45) is 0 Å². The molecule has 0 N–H and O–H groups in total. The lowest BCUT2D eigenvalue weighted by atomic mass is 10.1. The molecule has 0 aliphatic carbocycles. The molecule has 2 aromatic carbocycles. The minimum atomic E-state index is -0.450. The van der Waals surface area contributed by atoms with Gasteiger partial charge < -0.3 is 18.7 Å². The van der Waals surface area contributed by atoms with Crippen LogP contribution in [0.15, 0.2) is 65.2 Å². The van der Waals surface area contributed by atoms with Crippen molar-refractivity contribution in [1.29, 1.82) is 0 Å². The maximum atomic E-state index is 11.8. The molecule has 0 amide bonds. The average Bonchev–Trinajstić information content (AvgIpc) is 3.20. The molecule has 3 rings (SSSR count). The monoisotopic (exact) mass is 365 g/mol. The molecule has 0 atom stereocenters. The zero-order valence-corrected chi connectivity index (χ0v) is 15.0. The van der Waals surface area contributed by atoms with Gasteiger partial charge in [0.05, 0.1) is 14.2 Å². The van der Waals surface area contributed by atoms with Crippen LogP contribution >= 0.6 is 0 Å². The third kappa shape index (κ3) is 4.76. The molecular formula is C21H19NO5. The van der Waals surface area contributed by atoms with Gasteiger partial charge in [0.1, 0.15) is 12.3 Å². The van der Waals surface area contributed by atoms with Crippen LogP contribution in [0.4, 0.5) is 0 Å². The van der Waals surface area contributed by atoms with Gasteiger partial charge in [0, 0.05) is 17.7 Å². The Morgan fingerprint density at radius 2 is 1.81 bits per heavy atom. The quantitative estimate of drug-likeness (QED) is 0.463. The van der Waals surface area contributed by atoms with Crippen LogP contribution in [-0.2, 0) is 16.1 Å². The van der Waals surface area contributed by atoms with Gasteiger partial charge in [-0.25, -0.2) is 4.79 Å². The van der Waals surface area contributed by atoms with Crippen LogP contribution < -0.4 is 9.47 Å². The number of methoxy groups -OCH3 is 2. The van der Waals surface area contributed by atoms with Crippen molar-refractivity contribution in [3.8, 4) is 22.8 Å². The first kappa shape index (κ1) is 18.3. The second kappa shape index (κ2) is 8.71. The molecule has 0 bridgehead atoms. The van der Waals surface area contributed by atoms with Crippen LogP contribution in [0.1, 0.15) is 11.3 Å². The van der Waals surface area contributed by atoms with Crippen LogP contribution in [0, 0.1) is 0 Å². The molecule has 1 heterocycles. The number of carbonyl (C=O) groups is 1. The van der Waals surface area contributed by atoms with Crippen molar-refractivity contribution in [2.75, 3.05) is 14.2 Å². The van der Waals surface area contributed by atoms with E-state index in [1.165, 1.54) is 6.08 Å². The van der Waals surface area contributed by atoms with Gasteiger partial charge in [-0.2, -0.15) is 0 Å². The number of carbonyl (C=O) groups excluding carboxylic acids is 1. The van der Waals surface area contributed by atoms with Crippen molar-refractivity contribution in [3.05, 3.63) is 71.9 Å². The van der Waals surface area contributed by atoms with Crippen molar-refractivity contribution in [1.82, 2.24) is 5.16 Å². The number of nitrogens with zero attached hydrogens (tertiary/aromatic N) is 1. The Labute approximate surface area is 157 Å². The van der Waals surface area contributed by atoms with Crippen LogP contribution in [0.2, 0.25) is 0 Å². The fraction of sp³-hybridized carbons (Fsp3) is 0.143. The molecule has 1 aromatic heterocycles. The van der Waals surface area contributed by atoms with Gasteiger partial charge in [0.25, 0.3) is 0 Å². The second-order valence-corrected chi connectivity index (χ2v) is 5.60. The van der Waals surface area contributed by atoms with E-state index < -0.39 is 5.97 Å². The van der Waals surface area contributed by atoms with Gasteiger partial charge in [-0.3, -0.25) is 0 Å². The Morgan fingerprint density at radius 1 is 1.04 bits per heavy atom. The summed E-state index contributed by atoms with van der Waals surface area (Å²) >= 11 is 0. The predicted octanol–water partition coefficient (Wildman–Crippen LogP) is 4.12. The highest BCUT2D eigenvalue weighted by Gasteiger charge is 2.11. The summed E-state index contributed by atoms with van der Waals surface area (Å²) in [6.45, 7) is 0.0226. The van der Waals surface area contributed by atoms with E-state index in [-0.39, 0.29) is 6.61 Å². The molecule has 0 fully saturated rings. The molecule has 0 saturated carbocycles. The van der Waals surface area contributed by atoms with E-state index in [4.69, 9.17) is 18.7 Å². The zero-order valence-electron chi connectivity index (χ0n) is 15.0. The summed E-state index contributed by atoms with van der Waals surface area (Å²) in [5, 5.41) is 3.93. The molecule has 6 heteroatoms. The van der Waals surface area contributed by atoms with Crippen LogP contribution in [0.25, 0.3) is 17.4 Å². The first-order valence-electron chi connectivity index (χ1n) is 8.27. The average molecular weight is 365 g/mol. The summed E-state index contributed by atoms with van der Waals surface area (Å²) in [6.07, 6.45) is 3.07. The maximum absolute atomic E-state index is 11.8. The van der Waals surface area contributed by atoms with Gasteiger partial charge >= 0.3 is 5.97 Å². The van der Waals surface area contributed by atoms with Gasteiger partial charge in [0.2, 0.25) is 0 Å². The highest BCUT2D eigenvalue weighted by atomic mass is 16.5. The zero-order chi connectivity index (χ0) is 19.1. The van der Waals surface area contributed by atoms with Gasteiger partial charge in [-0.05, 0) is 29.8 Å². The summed E-state index contributed by atoms with van der Waals surface area (Å²) in [6, 6.07) is 16.6. The van der Waals surface area contributed by atoms with E-state index in [9.17, 15) is 4.79 Å². The fourth-order valence-corrected chi connectivity index (χ4v) is 2.43. The summed E-state index contributed by atoms with van der Waals surface area (Å²) in [4.78, 5) is 11.8. The summed E-state index contributed by atoms with van der Waals surface area (Å²) in [5.41, 5.74) is 2.22. The minimum Gasteiger partial charge on any atom is -0.493 e. The fourth-order valence-electron chi connectivity index (χ4n) is 2.43. The van der Waals surface area contributed by atoms with E-state index in [0.29, 0.717) is 23.0 Å². The smallest absolute Gasteiger partial charge is 0.331 e. The molecule has 27 heavy (non-hydrogen) atoms. The predicted molar refractivity (Wildman–Crippen MR) is 100 cm³/mol. The standard InChI is InChI=1S/C21H19NO5/c1-24-18-10-9-16(12-20(18)25-2)19-13-17(22-27-19)14-26-21(23)11-8-15-6-4-3-5-7-15/h3-13H,14H2,1-2H3/b11-8-. The molecule has 6 nitrogen and oxygen atoms in total. The number of hydrogen-bond acceptors (Lipinski definition) is 6. The molecule has 138 valence electrons. The highest BCUT2D eigenvalue weighted by Crippen LogP contribution is 2.32. The molecule has 0 aliphatic heterocycles. The summed E-state index contributed by atoms with van der Waals surface area (Å²) < 4.78 is 21.0. The highest BCUT2D eigenvalue weighted by molar-refractivity contribution is 5.87.